The van der Waals surface area contributed by atoms with E-state index in [1.807, 2.05) is 4.31 Å². The number of nitrogens with zero attached hydrogens (tertiary/aromatic N) is 2. The first-order valence-electron chi connectivity index (χ1n) is 5.63. The average Bonchev–Trinajstić information content (AvgIpc) is 2.86. The van der Waals surface area contributed by atoms with Crippen LogP contribution in [0, 0.1) is 17.2 Å². The van der Waals surface area contributed by atoms with Crippen molar-refractivity contribution in [1.82, 2.24) is 4.31 Å². The first-order chi connectivity index (χ1) is 8.65. The van der Waals surface area contributed by atoms with Gasteiger partial charge < -0.3 is 9.66 Å². The SMILES string of the molecule is N#Cc1cc(Br)ccc1[S+]([O-])N1CCC(CO)C1. The number of halogens is 1. The van der Waals surface area contributed by atoms with E-state index in [1.165, 1.54) is 0 Å². The van der Waals surface area contributed by atoms with E-state index in [4.69, 9.17) is 10.4 Å². The standard InChI is InChI=1S/C12H13BrN2O2S/c13-11-1-2-12(10(5-11)6-14)18(17)15-4-3-9(7-15)8-16/h1-2,5,9,16H,3-4,7-8H2. The third-order valence-electron chi connectivity index (χ3n) is 2.99. The second kappa shape index (κ2) is 6.04. The minimum atomic E-state index is -1.32. The molecule has 1 aromatic carbocycles. The molecule has 1 aliphatic heterocycles. The Morgan fingerprint density at radius 3 is 3.00 bits per heavy atom. The van der Waals surface area contributed by atoms with Crippen molar-refractivity contribution in [3.05, 3.63) is 28.2 Å². The second-order valence-electron chi connectivity index (χ2n) is 4.23. The highest BCUT2D eigenvalue weighted by Crippen LogP contribution is 2.27. The molecule has 2 unspecified atom stereocenters. The summed E-state index contributed by atoms with van der Waals surface area (Å²) in [6.45, 7) is 1.43. The smallest absolute Gasteiger partial charge is 0.191 e. The van der Waals surface area contributed by atoms with Crippen LogP contribution in [-0.4, -0.2) is 33.7 Å². The van der Waals surface area contributed by atoms with Crippen molar-refractivity contribution >= 4 is 27.3 Å². The summed E-state index contributed by atoms with van der Waals surface area (Å²) in [4.78, 5) is 0.541. The molecule has 4 nitrogen and oxygen atoms in total. The van der Waals surface area contributed by atoms with Gasteiger partial charge in [0.25, 0.3) is 0 Å². The fraction of sp³-hybridized carbons (Fsp3) is 0.417. The maximum Gasteiger partial charge on any atom is 0.191 e. The van der Waals surface area contributed by atoms with Gasteiger partial charge >= 0.3 is 0 Å². The Balaban J connectivity index is 2.19. The van der Waals surface area contributed by atoms with Gasteiger partial charge in [0.2, 0.25) is 0 Å². The Morgan fingerprint density at radius 1 is 1.61 bits per heavy atom. The van der Waals surface area contributed by atoms with Crippen molar-refractivity contribution in [2.24, 2.45) is 5.92 Å². The highest BCUT2D eigenvalue weighted by atomic mass is 79.9. The summed E-state index contributed by atoms with van der Waals surface area (Å²) in [6.07, 6.45) is 0.848. The zero-order chi connectivity index (χ0) is 13.1. The third-order valence-corrected chi connectivity index (χ3v) is 5.02. The summed E-state index contributed by atoms with van der Waals surface area (Å²) in [5.74, 6) is 0.190. The Hall–Kier alpha value is -0.580. The largest absolute Gasteiger partial charge is 0.593 e. The minimum absolute atomic E-state index is 0.124. The first-order valence-corrected chi connectivity index (χ1v) is 7.53. The van der Waals surface area contributed by atoms with Crippen LogP contribution < -0.4 is 0 Å². The Labute approximate surface area is 118 Å². The lowest BCUT2D eigenvalue weighted by molar-refractivity contribution is 0.233. The van der Waals surface area contributed by atoms with E-state index >= 15 is 0 Å². The lowest BCUT2D eigenvalue weighted by Gasteiger charge is -2.19. The minimum Gasteiger partial charge on any atom is -0.593 e. The van der Waals surface area contributed by atoms with Crippen LogP contribution in [0.4, 0.5) is 0 Å². The number of aliphatic hydroxyl groups is 1. The van der Waals surface area contributed by atoms with Gasteiger partial charge in [0.1, 0.15) is 11.6 Å². The van der Waals surface area contributed by atoms with Crippen LogP contribution in [0.2, 0.25) is 0 Å². The summed E-state index contributed by atoms with van der Waals surface area (Å²) in [6, 6.07) is 7.24. The van der Waals surface area contributed by atoms with Crippen molar-refractivity contribution in [1.29, 1.82) is 5.26 Å². The van der Waals surface area contributed by atoms with E-state index in [0.29, 0.717) is 23.5 Å². The molecule has 1 aromatic rings. The van der Waals surface area contributed by atoms with Crippen LogP contribution >= 0.6 is 15.9 Å². The quantitative estimate of drug-likeness (QED) is 0.856. The van der Waals surface area contributed by atoms with Gasteiger partial charge in [-0.2, -0.15) is 5.26 Å². The molecule has 1 heterocycles. The molecule has 1 aliphatic rings. The summed E-state index contributed by atoms with van der Waals surface area (Å²) in [5.41, 5.74) is 0.426. The maximum atomic E-state index is 12.4. The van der Waals surface area contributed by atoms with E-state index < -0.39 is 11.4 Å². The predicted molar refractivity (Wildman–Crippen MR) is 72.0 cm³/mol. The van der Waals surface area contributed by atoms with Crippen LogP contribution in [-0.2, 0) is 11.4 Å². The predicted octanol–water partition coefficient (Wildman–Crippen LogP) is 1.66. The highest BCUT2D eigenvalue weighted by molar-refractivity contribution is 9.10. The van der Waals surface area contributed by atoms with Gasteiger partial charge in [-0.3, -0.25) is 0 Å². The molecule has 0 aromatic heterocycles. The normalized spacial score (nSPS) is 21.8. The molecule has 0 aliphatic carbocycles. The van der Waals surface area contributed by atoms with Crippen molar-refractivity contribution in [3.8, 4) is 6.07 Å². The second-order valence-corrected chi connectivity index (χ2v) is 6.60. The zero-order valence-electron chi connectivity index (χ0n) is 9.67. The summed E-state index contributed by atoms with van der Waals surface area (Å²) in [7, 11) is 0. The van der Waals surface area contributed by atoms with Gasteiger partial charge in [-0.25, -0.2) is 0 Å². The fourth-order valence-corrected chi connectivity index (χ4v) is 3.71. The van der Waals surface area contributed by atoms with Crippen LogP contribution in [0.1, 0.15) is 12.0 Å². The number of hydrogen-bond acceptors (Lipinski definition) is 4. The van der Waals surface area contributed by atoms with Crippen LogP contribution in [0.15, 0.2) is 27.6 Å². The lowest BCUT2D eigenvalue weighted by atomic mass is 10.1. The van der Waals surface area contributed by atoms with Gasteiger partial charge in [0, 0.05) is 30.1 Å². The summed E-state index contributed by atoms with van der Waals surface area (Å²) < 4.78 is 15.0. The molecule has 0 bridgehead atoms. The fourth-order valence-electron chi connectivity index (χ4n) is 1.98. The zero-order valence-corrected chi connectivity index (χ0v) is 12.1. The average molecular weight is 329 g/mol. The molecule has 96 valence electrons. The molecule has 1 N–H and O–H groups in total. The summed E-state index contributed by atoms with van der Waals surface area (Å²) in [5, 5.41) is 18.2. The molecule has 18 heavy (non-hydrogen) atoms. The van der Waals surface area contributed by atoms with Gasteiger partial charge in [-0.15, -0.1) is 4.31 Å². The molecule has 1 fully saturated rings. The molecule has 0 saturated carbocycles. The van der Waals surface area contributed by atoms with Crippen molar-refractivity contribution in [3.63, 3.8) is 0 Å². The van der Waals surface area contributed by atoms with E-state index in [2.05, 4.69) is 22.0 Å². The van der Waals surface area contributed by atoms with Gasteiger partial charge in [0.05, 0.1) is 11.4 Å². The molecule has 6 heteroatoms. The molecular weight excluding hydrogens is 316 g/mol. The van der Waals surface area contributed by atoms with Gasteiger partial charge in [-0.05, 0) is 24.6 Å². The summed E-state index contributed by atoms with van der Waals surface area (Å²) >= 11 is 1.97. The van der Waals surface area contributed by atoms with E-state index in [-0.39, 0.29) is 12.5 Å². The maximum absolute atomic E-state index is 12.4. The van der Waals surface area contributed by atoms with Crippen LogP contribution in [0.3, 0.4) is 0 Å². The number of aliphatic hydroxyl groups excluding tert-OH is 1. The van der Waals surface area contributed by atoms with Crippen LogP contribution in [0.25, 0.3) is 0 Å². The highest BCUT2D eigenvalue weighted by Gasteiger charge is 2.33. The number of benzene rings is 1. The molecule has 0 radical (unpaired) electrons. The van der Waals surface area contributed by atoms with Crippen LogP contribution in [0.5, 0.6) is 0 Å². The molecule has 0 amide bonds. The Morgan fingerprint density at radius 2 is 2.39 bits per heavy atom. The van der Waals surface area contributed by atoms with Crippen molar-refractivity contribution < 1.29 is 9.66 Å². The monoisotopic (exact) mass is 328 g/mol. The number of hydrogen-bond donors (Lipinski definition) is 1. The Kier molecular flexibility index (Phi) is 4.65. The van der Waals surface area contributed by atoms with E-state index in [9.17, 15) is 4.55 Å². The molecule has 1 saturated heterocycles. The van der Waals surface area contributed by atoms with Gasteiger partial charge in [0.15, 0.2) is 4.90 Å². The molecule has 2 rings (SSSR count). The molecule has 0 spiro atoms. The lowest BCUT2D eigenvalue weighted by Crippen LogP contribution is -2.29. The van der Waals surface area contributed by atoms with E-state index in [1.54, 1.807) is 18.2 Å². The van der Waals surface area contributed by atoms with Crippen molar-refractivity contribution in [2.75, 3.05) is 19.7 Å². The number of rotatable bonds is 3. The third kappa shape index (κ3) is 2.87. The molecular formula is C12H13BrN2O2S. The molecule has 2 atom stereocenters. The topological polar surface area (TPSA) is 70.3 Å². The number of nitriles is 1. The van der Waals surface area contributed by atoms with E-state index in [0.717, 1.165) is 10.9 Å². The Bertz CT molecular complexity index is 478. The first kappa shape index (κ1) is 13.8. The van der Waals surface area contributed by atoms with Crippen molar-refractivity contribution in [2.45, 2.75) is 11.3 Å². The van der Waals surface area contributed by atoms with Gasteiger partial charge in [-0.1, -0.05) is 15.9 Å².